The quantitative estimate of drug-likeness (QED) is 0.240. The maximum Gasteiger partial charge on any atom is 0.201 e. The summed E-state index contributed by atoms with van der Waals surface area (Å²) in [5, 5.41) is 6.55. The molecule has 116 valence electrons. The van der Waals surface area contributed by atoms with Crippen LogP contribution in [-0.2, 0) is 0 Å². The van der Waals surface area contributed by atoms with Gasteiger partial charge in [-0.1, -0.05) is 0 Å². The molecule has 9 heteroatoms. The number of aromatic amines is 1. The minimum Gasteiger partial charge on any atom is -0.356 e. The van der Waals surface area contributed by atoms with Gasteiger partial charge < -0.3 is 21.4 Å². The van der Waals surface area contributed by atoms with Crippen molar-refractivity contribution < 1.29 is 0 Å². The van der Waals surface area contributed by atoms with Crippen LogP contribution in [0.4, 0.5) is 5.95 Å². The lowest BCUT2D eigenvalue weighted by atomic mass is 10.3. The van der Waals surface area contributed by atoms with Gasteiger partial charge in [0.15, 0.2) is 0 Å². The van der Waals surface area contributed by atoms with Crippen LogP contribution in [0.25, 0.3) is 11.0 Å². The van der Waals surface area contributed by atoms with E-state index in [1.54, 1.807) is 0 Å². The number of nitrogens with one attached hydrogen (secondary N) is 3. The number of halogens is 4. The maximum absolute atomic E-state index is 5.42. The molecule has 0 aliphatic heterocycles. The Bertz CT molecular complexity index is 583. The summed E-state index contributed by atoms with van der Waals surface area (Å²) in [5.41, 5.74) is 7.24. The van der Waals surface area contributed by atoms with Crippen LogP contribution in [0.3, 0.4) is 0 Å². The van der Waals surface area contributed by atoms with E-state index >= 15 is 0 Å². The Labute approximate surface area is 156 Å². The summed E-state index contributed by atoms with van der Waals surface area (Å²) in [7, 11) is 0. The molecule has 1 aromatic carbocycles. The zero-order valence-electron chi connectivity index (χ0n) is 11.1. The van der Waals surface area contributed by atoms with Crippen molar-refractivity contribution in [2.24, 2.45) is 5.73 Å². The molecule has 0 aliphatic rings. The fourth-order valence-electron chi connectivity index (χ4n) is 1.83. The van der Waals surface area contributed by atoms with E-state index in [1.165, 1.54) is 0 Å². The van der Waals surface area contributed by atoms with Crippen molar-refractivity contribution in [3.8, 4) is 0 Å². The second-order valence-corrected chi connectivity index (χ2v) is 7.56. The first-order chi connectivity index (χ1) is 10.1. The van der Waals surface area contributed by atoms with E-state index in [2.05, 4.69) is 84.3 Å². The molecule has 0 amide bonds. The SMILES string of the molecule is NCCNCCCNc1nc2c(Br)c(Br)c(Br)c(Br)c2[nH]1. The number of imidazole rings is 1. The molecule has 1 heterocycles. The smallest absolute Gasteiger partial charge is 0.201 e. The van der Waals surface area contributed by atoms with Crippen LogP contribution in [0.5, 0.6) is 0 Å². The highest BCUT2D eigenvalue weighted by Gasteiger charge is 2.17. The van der Waals surface area contributed by atoms with Crippen molar-refractivity contribution in [3.05, 3.63) is 17.9 Å². The normalized spacial score (nSPS) is 11.3. The zero-order valence-corrected chi connectivity index (χ0v) is 17.4. The molecule has 2 rings (SSSR count). The van der Waals surface area contributed by atoms with Crippen LogP contribution >= 0.6 is 63.7 Å². The fourth-order valence-corrected chi connectivity index (χ4v) is 4.11. The topological polar surface area (TPSA) is 78.8 Å². The Morgan fingerprint density at radius 1 is 0.952 bits per heavy atom. The molecule has 5 N–H and O–H groups in total. The summed E-state index contributed by atoms with van der Waals surface area (Å²) in [6.45, 7) is 3.30. The number of anilines is 1. The van der Waals surface area contributed by atoms with Gasteiger partial charge in [-0.3, -0.25) is 0 Å². The van der Waals surface area contributed by atoms with E-state index in [1.807, 2.05) is 0 Å². The molecule has 0 atom stereocenters. The van der Waals surface area contributed by atoms with Crippen LogP contribution in [0.15, 0.2) is 17.9 Å². The molecular weight excluding hydrogens is 534 g/mol. The van der Waals surface area contributed by atoms with Gasteiger partial charge in [0.25, 0.3) is 0 Å². The summed E-state index contributed by atoms with van der Waals surface area (Å²) in [5.74, 6) is 0.759. The molecule has 0 radical (unpaired) electrons. The summed E-state index contributed by atoms with van der Waals surface area (Å²) in [4.78, 5) is 7.86. The van der Waals surface area contributed by atoms with Gasteiger partial charge in [0.05, 0.1) is 14.5 Å². The first kappa shape index (κ1) is 17.7. The number of nitrogens with two attached hydrogens (primary N) is 1. The molecule has 5 nitrogen and oxygen atoms in total. The van der Waals surface area contributed by atoms with Gasteiger partial charge in [0.1, 0.15) is 5.52 Å². The summed E-state index contributed by atoms with van der Waals surface area (Å²) in [6.07, 6.45) is 1.01. The standard InChI is InChI=1S/C12H15Br4N5/c13-6-7(14)9(16)11-10(8(6)15)20-12(21-11)19-4-1-3-18-5-2-17/h18H,1-5,17H2,(H2,19,20,21). The Morgan fingerprint density at radius 3 is 2.38 bits per heavy atom. The Balaban J connectivity index is 2.06. The van der Waals surface area contributed by atoms with Crippen molar-refractivity contribution in [3.63, 3.8) is 0 Å². The first-order valence-electron chi connectivity index (χ1n) is 6.42. The Morgan fingerprint density at radius 2 is 1.67 bits per heavy atom. The average molecular weight is 549 g/mol. The average Bonchev–Trinajstić information content (AvgIpc) is 2.91. The van der Waals surface area contributed by atoms with Crippen LogP contribution in [0.2, 0.25) is 0 Å². The highest BCUT2D eigenvalue weighted by molar-refractivity contribution is 9.15. The number of aromatic nitrogens is 2. The van der Waals surface area contributed by atoms with Crippen LogP contribution in [0.1, 0.15) is 6.42 Å². The summed E-state index contributed by atoms with van der Waals surface area (Å²) < 4.78 is 3.74. The highest BCUT2D eigenvalue weighted by Crippen LogP contribution is 2.42. The molecule has 0 fully saturated rings. The fraction of sp³-hybridized carbons (Fsp3) is 0.417. The van der Waals surface area contributed by atoms with Gasteiger partial charge >= 0.3 is 0 Å². The molecule has 0 unspecified atom stereocenters. The van der Waals surface area contributed by atoms with Gasteiger partial charge in [0, 0.05) is 28.6 Å². The molecule has 0 aliphatic carbocycles. The summed E-state index contributed by atoms with van der Waals surface area (Å²) >= 11 is 14.2. The molecule has 0 saturated carbocycles. The minimum atomic E-state index is 0.669. The van der Waals surface area contributed by atoms with Crippen molar-refractivity contribution >= 4 is 80.7 Å². The van der Waals surface area contributed by atoms with Crippen LogP contribution < -0.4 is 16.4 Å². The van der Waals surface area contributed by atoms with Crippen molar-refractivity contribution in [2.75, 3.05) is 31.5 Å². The third-order valence-electron chi connectivity index (χ3n) is 2.85. The van der Waals surface area contributed by atoms with Crippen molar-refractivity contribution in [2.45, 2.75) is 6.42 Å². The lowest BCUT2D eigenvalue weighted by molar-refractivity contribution is 0.666. The molecule has 0 bridgehead atoms. The van der Waals surface area contributed by atoms with Gasteiger partial charge in [-0.25, -0.2) is 4.98 Å². The summed E-state index contributed by atoms with van der Waals surface area (Å²) in [6, 6.07) is 0. The van der Waals surface area contributed by atoms with E-state index in [9.17, 15) is 0 Å². The highest BCUT2D eigenvalue weighted by atomic mass is 79.9. The van der Waals surface area contributed by atoms with E-state index in [4.69, 9.17) is 5.73 Å². The molecule has 0 saturated heterocycles. The van der Waals surface area contributed by atoms with Crippen molar-refractivity contribution in [1.82, 2.24) is 15.3 Å². The maximum atomic E-state index is 5.42. The molecule has 21 heavy (non-hydrogen) atoms. The number of benzene rings is 1. The van der Waals surface area contributed by atoms with Gasteiger partial charge in [-0.15, -0.1) is 0 Å². The van der Waals surface area contributed by atoms with E-state index < -0.39 is 0 Å². The third-order valence-corrected chi connectivity index (χ3v) is 7.60. The first-order valence-corrected chi connectivity index (χ1v) is 9.59. The number of nitrogens with zero attached hydrogens (tertiary/aromatic N) is 1. The number of H-pyrrole nitrogens is 1. The lowest BCUT2D eigenvalue weighted by Crippen LogP contribution is -2.24. The molecule has 2 aromatic rings. The van der Waals surface area contributed by atoms with E-state index in [0.717, 1.165) is 60.9 Å². The van der Waals surface area contributed by atoms with Gasteiger partial charge in [0.2, 0.25) is 5.95 Å². The Hall–Kier alpha value is 0.330. The zero-order chi connectivity index (χ0) is 15.4. The monoisotopic (exact) mass is 545 g/mol. The predicted molar refractivity (Wildman–Crippen MR) is 102 cm³/mol. The third kappa shape index (κ3) is 4.20. The molecule has 1 aromatic heterocycles. The number of rotatable bonds is 7. The van der Waals surface area contributed by atoms with Crippen molar-refractivity contribution in [1.29, 1.82) is 0 Å². The Kier molecular flexibility index (Phi) is 6.95. The van der Waals surface area contributed by atoms with E-state index in [-0.39, 0.29) is 0 Å². The van der Waals surface area contributed by atoms with Crippen LogP contribution in [-0.4, -0.2) is 36.1 Å². The lowest BCUT2D eigenvalue weighted by Gasteiger charge is -2.04. The second kappa shape index (κ2) is 8.26. The predicted octanol–water partition coefficient (Wildman–Crippen LogP) is 3.96. The van der Waals surface area contributed by atoms with Crippen LogP contribution in [0, 0.1) is 0 Å². The van der Waals surface area contributed by atoms with Gasteiger partial charge in [-0.2, -0.15) is 0 Å². The number of fused-ring (bicyclic) bond motifs is 1. The van der Waals surface area contributed by atoms with Gasteiger partial charge in [-0.05, 0) is 76.7 Å². The molecular formula is C12H15Br4N5. The second-order valence-electron chi connectivity index (χ2n) is 4.38. The minimum absolute atomic E-state index is 0.669. The number of hydrogen-bond donors (Lipinski definition) is 4. The van der Waals surface area contributed by atoms with E-state index in [0.29, 0.717) is 6.54 Å². The number of hydrogen-bond acceptors (Lipinski definition) is 4. The largest absolute Gasteiger partial charge is 0.356 e. The molecule has 0 spiro atoms.